The van der Waals surface area contributed by atoms with Crippen molar-refractivity contribution >= 4 is 38.8 Å². The number of hydrogen-bond acceptors (Lipinski definition) is 4. The molecule has 4 nitrogen and oxygen atoms in total. The average molecular weight is 492 g/mol. The Hall–Kier alpha value is -3.54. The van der Waals surface area contributed by atoms with Crippen LogP contribution in [0.1, 0.15) is 28.9 Å². The molecule has 1 fully saturated rings. The molecule has 2 heterocycles. The van der Waals surface area contributed by atoms with Gasteiger partial charge in [-0.1, -0.05) is 84.9 Å². The molecular weight excluding hydrogens is 462 g/mol. The fourth-order valence-corrected chi connectivity index (χ4v) is 6.21. The summed E-state index contributed by atoms with van der Waals surface area (Å²) >= 11 is 1.53. The van der Waals surface area contributed by atoms with E-state index in [4.69, 9.17) is 4.98 Å². The molecule has 5 heteroatoms. The van der Waals surface area contributed by atoms with Crippen molar-refractivity contribution in [3.05, 3.63) is 102 Å². The second-order valence-electron chi connectivity index (χ2n) is 9.66. The molecular formula is C31H29N3OS. The van der Waals surface area contributed by atoms with Gasteiger partial charge in [-0.25, -0.2) is 4.98 Å². The van der Waals surface area contributed by atoms with Gasteiger partial charge in [0.1, 0.15) is 10.7 Å². The molecule has 6 rings (SSSR count). The lowest BCUT2D eigenvalue weighted by Gasteiger charge is -2.33. The first-order chi connectivity index (χ1) is 17.7. The minimum absolute atomic E-state index is 0.0797. The number of carbonyl (C=O) groups excluding carboxylic acids is 1. The number of thiazole rings is 1. The zero-order valence-electron chi connectivity index (χ0n) is 20.2. The lowest BCUT2D eigenvalue weighted by molar-refractivity contribution is 0.0926. The minimum Gasteiger partial charge on any atom is -0.350 e. The summed E-state index contributed by atoms with van der Waals surface area (Å²) in [6, 6.07) is 29.7. The number of fused-ring (bicyclic) bond motifs is 2. The largest absolute Gasteiger partial charge is 0.350 e. The van der Waals surface area contributed by atoms with Gasteiger partial charge in [0.15, 0.2) is 0 Å². The molecule has 1 amide bonds. The van der Waals surface area contributed by atoms with Gasteiger partial charge in [0.25, 0.3) is 5.91 Å². The second-order valence-corrected chi connectivity index (χ2v) is 10.5. The smallest absolute Gasteiger partial charge is 0.270 e. The van der Waals surface area contributed by atoms with E-state index in [0.717, 1.165) is 48.4 Å². The number of piperidine rings is 1. The molecule has 0 saturated carbocycles. The van der Waals surface area contributed by atoms with Crippen LogP contribution < -0.4 is 5.32 Å². The van der Waals surface area contributed by atoms with Crippen molar-refractivity contribution in [3.63, 3.8) is 0 Å². The van der Waals surface area contributed by atoms with Crippen LogP contribution in [0.4, 0.5) is 0 Å². The number of hydrogen-bond donors (Lipinski definition) is 1. The van der Waals surface area contributed by atoms with Gasteiger partial charge in [-0.15, -0.1) is 11.3 Å². The normalized spacial score (nSPS) is 16.4. The average Bonchev–Trinajstić information content (AvgIpc) is 3.42. The van der Waals surface area contributed by atoms with Gasteiger partial charge in [-0.05, 0) is 52.4 Å². The van der Waals surface area contributed by atoms with Crippen LogP contribution in [-0.4, -0.2) is 35.4 Å². The Labute approximate surface area is 215 Å². The molecule has 1 aliphatic heterocycles. The third-order valence-corrected chi connectivity index (χ3v) is 8.06. The number of benzene rings is 4. The molecule has 1 atom stereocenters. The number of aromatic nitrogens is 1. The van der Waals surface area contributed by atoms with E-state index in [1.54, 1.807) is 0 Å². The van der Waals surface area contributed by atoms with Crippen molar-refractivity contribution in [2.45, 2.75) is 19.4 Å². The van der Waals surface area contributed by atoms with Crippen molar-refractivity contribution in [2.75, 3.05) is 19.6 Å². The molecule has 0 unspecified atom stereocenters. The first kappa shape index (κ1) is 22.9. The first-order valence-electron chi connectivity index (χ1n) is 12.7. The van der Waals surface area contributed by atoms with E-state index in [-0.39, 0.29) is 5.91 Å². The summed E-state index contributed by atoms with van der Waals surface area (Å²) in [6.45, 7) is 3.74. The van der Waals surface area contributed by atoms with Crippen molar-refractivity contribution in [2.24, 2.45) is 5.92 Å². The summed E-state index contributed by atoms with van der Waals surface area (Å²) in [5.74, 6) is 0.373. The molecule has 36 heavy (non-hydrogen) atoms. The van der Waals surface area contributed by atoms with Gasteiger partial charge in [-0.3, -0.25) is 9.69 Å². The van der Waals surface area contributed by atoms with Crippen molar-refractivity contribution < 1.29 is 4.79 Å². The fraction of sp³-hybridized carbons (Fsp3) is 0.226. The van der Waals surface area contributed by atoms with Gasteiger partial charge in [0, 0.05) is 30.6 Å². The van der Waals surface area contributed by atoms with E-state index in [9.17, 15) is 4.79 Å². The van der Waals surface area contributed by atoms with Crippen molar-refractivity contribution in [1.82, 2.24) is 15.2 Å². The fourth-order valence-electron chi connectivity index (χ4n) is 5.37. The molecule has 1 saturated heterocycles. The Morgan fingerprint density at radius 2 is 1.64 bits per heavy atom. The summed E-state index contributed by atoms with van der Waals surface area (Å²) in [5, 5.41) is 10.9. The highest BCUT2D eigenvalue weighted by atomic mass is 32.1. The van der Waals surface area contributed by atoms with Gasteiger partial charge >= 0.3 is 0 Å². The summed E-state index contributed by atoms with van der Waals surface area (Å²) in [4.78, 5) is 20.2. The number of nitrogens with one attached hydrogen (secondary N) is 1. The van der Waals surface area contributed by atoms with E-state index in [0.29, 0.717) is 18.2 Å². The Morgan fingerprint density at radius 1 is 0.917 bits per heavy atom. The Kier molecular flexibility index (Phi) is 6.50. The predicted molar refractivity (Wildman–Crippen MR) is 149 cm³/mol. The number of rotatable bonds is 6. The van der Waals surface area contributed by atoms with Crippen LogP contribution in [0.2, 0.25) is 0 Å². The highest BCUT2D eigenvalue weighted by Gasteiger charge is 2.22. The molecule has 4 aromatic carbocycles. The second kappa shape index (κ2) is 10.2. The van der Waals surface area contributed by atoms with Crippen molar-refractivity contribution in [3.8, 4) is 10.6 Å². The summed E-state index contributed by atoms with van der Waals surface area (Å²) in [5.41, 5.74) is 2.96. The Balaban J connectivity index is 1.09. The summed E-state index contributed by atoms with van der Waals surface area (Å²) in [6.07, 6.45) is 2.30. The highest BCUT2D eigenvalue weighted by Crippen LogP contribution is 2.31. The lowest BCUT2D eigenvalue weighted by Crippen LogP contribution is -2.40. The maximum atomic E-state index is 12.9. The molecule has 0 bridgehead atoms. The third kappa shape index (κ3) is 4.77. The topological polar surface area (TPSA) is 45.2 Å². The minimum atomic E-state index is -0.0797. The zero-order chi connectivity index (χ0) is 24.3. The standard InChI is InChI=1S/C31H29N3OS/c35-30(29-21-36-31(33-29)28-16-6-12-24-10-2-4-15-27(24)28)32-18-22-8-7-17-34(19-22)20-25-13-5-11-23-9-1-3-14-26(23)25/h1-6,9-16,21-22H,7-8,17-20H2,(H,32,35)/t22-/m0/s1. The van der Waals surface area contributed by atoms with Gasteiger partial charge in [0.2, 0.25) is 0 Å². The van der Waals surface area contributed by atoms with Crippen LogP contribution in [0.25, 0.3) is 32.1 Å². The Morgan fingerprint density at radius 3 is 2.50 bits per heavy atom. The monoisotopic (exact) mass is 491 g/mol. The molecule has 180 valence electrons. The lowest BCUT2D eigenvalue weighted by atomic mass is 9.96. The van der Waals surface area contributed by atoms with Crippen LogP contribution in [0.15, 0.2) is 90.3 Å². The quantitative estimate of drug-likeness (QED) is 0.285. The van der Waals surface area contributed by atoms with E-state index in [2.05, 4.69) is 76.9 Å². The van der Waals surface area contributed by atoms with E-state index >= 15 is 0 Å². The molecule has 5 aromatic rings. The van der Waals surface area contributed by atoms with Crippen LogP contribution in [-0.2, 0) is 6.54 Å². The number of carbonyl (C=O) groups is 1. The maximum Gasteiger partial charge on any atom is 0.270 e. The van der Waals surface area contributed by atoms with Crippen LogP contribution >= 0.6 is 11.3 Å². The first-order valence-corrected chi connectivity index (χ1v) is 13.5. The van der Waals surface area contributed by atoms with Crippen LogP contribution in [0, 0.1) is 5.92 Å². The maximum absolute atomic E-state index is 12.9. The highest BCUT2D eigenvalue weighted by molar-refractivity contribution is 7.13. The van der Waals surface area contributed by atoms with Crippen molar-refractivity contribution in [1.29, 1.82) is 0 Å². The van der Waals surface area contributed by atoms with Crippen LogP contribution in [0.3, 0.4) is 0 Å². The SMILES string of the molecule is O=C(NC[C@@H]1CCCN(Cc2cccc3ccccc23)C1)c1csc(-c2cccc3ccccc23)n1. The predicted octanol–water partition coefficient (Wildman–Crippen LogP) is 6.76. The summed E-state index contributed by atoms with van der Waals surface area (Å²) < 4.78 is 0. The van der Waals surface area contributed by atoms with Crippen LogP contribution in [0.5, 0.6) is 0 Å². The zero-order valence-corrected chi connectivity index (χ0v) is 21.0. The molecule has 0 aliphatic carbocycles. The Bertz CT molecular complexity index is 1510. The molecule has 1 aromatic heterocycles. The number of amides is 1. The number of likely N-dealkylation sites (tertiary alicyclic amines) is 1. The molecule has 0 spiro atoms. The van der Waals surface area contributed by atoms with E-state index in [1.165, 1.54) is 33.1 Å². The summed E-state index contributed by atoms with van der Waals surface area (Å²) in [7, 11) is 0. The van der Waals surface area contributed by atoms with Gasteiger partial charge < -0.3 is 5.32 Å². The molecule has 1 N–H and O–H groups in total. The van der Waals surface area contributed by atoms with Gasteiger partial charge in [-0.2, -0.15) is 0 Å². The third-order valence-electron chi connectivity index (χ3n) is 7.19. The molecule has 1 aliphatic rings. The van der Waals surface area contributed by atoms with E-state index < -0.39 is 0 Å². The van der Waals surface area contributed by atoms with E-state index in [1.807, 2.05) is 23.6 Å². The van der Waals surface area contributed by atoms with Gasteiger partial charge in [0.05, 0.1) is 0 Å². The number of nitrogens with zero attached hydrogens (tertiary/aromatic N) is 2. The molecule has 0 radical (unpaired) electrons.